The molecule has 0 heterocycles. The van der Waals surface area contributed by atoms with Gasteiger partial charge in [-0.15, -0.1) is 24.7 Å². The molecule has 0 bridgehead atoms. The van der Waals surface area contributed by atoms with Gasteiger partial charge in [0.1, 0.15) is 23.3 Å². The Balaban J connectivity index is -0.000000819. The van der Waals surface area contributed by atoms with Crippen LogP contribution in [0.2, 0.25) is 0 Å². The molecule has 15 heteroatoms. The van der Waals surface area contributed by atoms with Crippen LogP contribution >= 0.6 is 0 Å². The van der Waals surface area contributed by atoms with Crippen LogP contribution in [0.5, 0.6) is 0 Å². The number of amides is 5. The highest BCUT2D eigenvalue weighted by Gasteiger charge is 2.21. The molecule has 5 amide bonds. The number of nitrogens with one attached hydrogen (secondary N) is 5. The molecule has 0 rings (SSSR count). The molecule has 0 radical (unpaired) electrons. The lowest BCUT2D eigenvalue weighted by Gasteiger charge is -2.20. The minimum atomic E-state index is -1.08. The fourth-order valence-corrected chi connectivity index (χ4v) is 3.56. The number of halogens is 1. The van der Waals surface area contributed by atoms with Crippen LogP contribution in [-0.4, -0.2) is 91.6 Å². The maximum Gasteiger partial charge on any atom is 0.407 e. The summed E-state index contributed by atoms with van der Waals surface area (Å²) < 4.78 is 25.7. The van der Waals surface area contributed by atoms with Gasteiger partial charge in [0.25, 0.3) is 0 Å². The van der Waals surface area contributed by atoms with Gasteiger partial charge in [0, 0.05) is 45.8 Å². The number of carbonyl (C=O) groups excluding carboxylic acids is 5. The number of aliphatic carboxylic acids is 1. The Bertz CT molecular complexity index is 1110. The second kappa shape index (κ2) is 28.5. The van der Waals surface area contributed by atoms with Crippen molar-refractivity contribution in [1.29, 1.82) is 0 Å². The minimum absolute atomic E-state index is 0.112. The molecule has 0 unspecified atom stereocenters. The van der Waals surface area contributed by atoms with Crippen LogP contribution in [0.3, 0.4) is 0 Å². The third kappa shape index (κ3) is 33.2. The summed E-state index contributed by atoms with van der Waals surface area (Å²) in [4.78, 5) is 68.9. The summed E-state index contributed by atoms with van der Waals surface area (Å²) in [6, 6.07) is -1.54. The molecule has 0 aromatic heterocycles. The highest BCUT2D eigenvalue weighted by Crippen LogP contribution is 2.08. The van der Waals surface area contributed by atoms with Crippen molar-refractivity contribution in [3.05, 3.63) is 0 Å². The van der Waals surface area contributed by atoms with E-state index in [0.29, 0.717) is 51.6 Å². The molecule has 0 spiro atoms. The largest absolute Gasteiger partial charge is 0.480 e. The first kappa shape index (κ1) is 46.6. The predicted molar refractivity (Wildman–Crippen MR) is 185 cm³/mol. The van der Waals surface area contributed by atoms with Crippen molar-refractivity contribution in [2.24, 2.45) is 0 Å². The summed E-state index contributed by atoms with van der Waals surface area (Å²) >= 11 is 0. The molecular weight excluding hydrogens is 641 g/mol. The van der Waals surface area contributed by atoms with Crippen molar-refractivity contribution in [3.63, 3.8) is 0 Å². The van der Waals surface area contributed by atoms with Gasteiger partial charge in [0.05, 0.1) is 8.52 Å². The number of hydrogen-bond acceptors (Lipinski definition) is 8. The fraction of sp³-hybridized carbons (Fsp3) is 0.706. The molecule has 0 aliphatic heterocycles. The first-order valence-corrected chi connectivity index (χ1v) is 16.0. The van der Waals surface area contributed by atoms with E-state index in [1.165, 1.54) is 7.05 Å². The van der Waals surface area contributed by atoms with E-state index in [0.717, 1.165) is 0 Å². The van der Waals surface area contributed by atoms with E-state index in [1.54, 1.807) is 41.5 Å². The van der Waals surface area contributed by atoms with Gasteiger partial charge in [-0.3, -0.25) is 18.8 Å². The summed E-state index contributed by atoms with van der Waals surface area (Å²) in [5.74, 6) is 2.77. The van der Waals surface area contributed by atoms with Crippen molar-refractivity contribution in [3.8, 4) is 24.7 Å². The highest BCUT2D eigenvalue weighted by atomic mass is 19.1. The van der Waals surface area contributed by atoms with Gasteiger partial charge in [-0.1, -0.05) is 0 Å². The van der Waals surface area contributed by atoms with E-state index in [4.69, 9.17) is 28.8 Å². The molecule has 0 saturated carbocycles. The third-order valence-corrected chi connectivity index (χ3v) is 5.70. The molecule has 280 valence electrons. The number of alkyl halides is 1. The molecule has 0 aliphatic carbocycles. The summed E-state index contributed by atoms with van der Waals surface area (Å²) in [5.41, 5.74) is -1.09. The topological polar surface area (TPSA) is 201 Å². The maximum absolute atomic E-state index is 11.8. The van der Waals surface area contributed by atoms with E-state index in [-0.39, 0.29) is 43.4 Å². The van der Waals surface area contributed by atoms with Crippen molar-refractivity contribution in [2.75, 3.05) is 27.3 Å². The highest BCUT2D eigenvalue weighted by molar-refractivity contribution is 5.87. The first-order chi connectivity index (χ1) is 23.3. The van der Waals surface area contributed by atoms with Crippen LogP contribution in [0.4, 0.5) is 14.0 Å². The van der Waals surface area contributed by atoms with E-state index in [1.807, 2.05) is 0 Å². The number of likely N-dealkylation sites (N-methyl/N-ethyl adjacent to an activating group) is 1. The third-order valence-electron chi connectivity index (χ3n) is 5.70. The van der Waals surface area contributed by atoms with Gasteiger partial charge in [0.15, 0.2) is 0 Å². The molecule has 0 fully saturated rings. The summed E-state index contributed by atoms with van der Waals surface area (Å²) in [7, 11) is 0.521. The molecule has 0 aromatic carbocycles. The van der Waals surface area contributed by atoms with Crippen molar-refractivity contribution in [1.82, 2.24) is 26.6 Å². The number of carboxylic acids is 1. The molecular formula is C34H58FN5O9. The normalized spacial score (nSPS) is 11.8. The molecule has 0 aromatic rings. The number of carboxylic acid groups (broad SMARTS) is 1. The van der Waals surface area contributed by atoms with E-state index < -0.39 is 48.6 Å². The van der Waals surface area contributed by atoms with Crippen molar-refractivity contribution in [2.45, 2.75) is 129 Å². The second-order valence-electron chi connectivity index (χ2n) is 12.4. The number of hydrogen-bond donors (Lipinski definition) is 6. The zero-order chi connectivity index (χ0) is 39.2. The molecule has 14 nitrogen and oxygen atoms in total. The van der Waals surface area contributed by atoms with Crippen LogP contribution in [-0.2, 0) is 28.7 Å². The van der Waals surface area contributed by atoms with Gasteiger partial charge in [-0.25, -0.2) is 14.4 Å². The first-order valence-electron chi connectivity index (χ1n) is 16.7. The Morgan fingerprint density at radius 2 is 1.12 bits per heavy atom. The number of alkyl carbamates (subject to hydrolysis) is 2. The Hall–Kier alpha value is -4.53. The van der Waals surface area contributed by atoms with Crippen LogP contribution in [0.25, 0.3) is 0 Å². The number of unbranched alkanes of at least 4 members (excludes halogenated alkanes) is 2. The maximum atomic E-state index is 11.8. The van der Waals surface area contributed by atoms with Gasteiger partial charge in [-0.2, -0.15) is 0 Å². The average Bonchev–Trinajstić information content (AvgIpc) is 2.99. The van der Waals surface area contributed by atoms with Crippen LogP contribution in [0.1, 0.15) is 107 Å². The summed E-state index contributed by atoms with van der Waals surface area (Å²) in [6.07, 6.45) is 13.4. The smallest absolute Gasteiger partial charge is 0.407 e. The van der Waals surface area contributed by atoms with Gasteiger partial charge >= 0.3 is 18.2 Å². The molecule has 49 heavy (non-hydrogen) atoms. The second-order valence-corrected chi connectivity index (χ2v) is 12.4. The number of ether oxygens (including phenoxy) is 2. The van der Waals surface area contributed by atoms with Crippen LogP contribution < -0.4 is 26.6 Å². The zero-order valence-corrected chi connectivity index (χ0v) is 30.1. The number of rotatable bonds is 18. The monoisotopic (exact) mass is 700 g/mol. The minimum Gasteiger partial charge on any atom is -0.480 e. The average molecular weight is 701 g/mol. The quantitative estimate of drug-likeness (QED) is 0.0913. The Kier molecular flexibility index (Phi) is 27.1. The Morgan fingerprint density at radius 3 is 1.45 bits per heavy atom. The van der Waals surface area contributed by atoms with Crippen LogP contribution in [0.15, 0.2) is 0 Å². The van der Waals surface area contributed by atoms with Gasteiger partial charge < -0.3 is 41.2 Å². The molecule has 0 saturated heterocycles. The van der Waals surface area contributed by atoms with E-state index in [2.05, 4.69) is 38.4 Å². The van der Waals surface area contributed by atoms with Gasteiger partial charge in [0.2, 0.25) is 17.7 Å². The zero-order valence-electron chi connectivity index (χ0n) is 31.1. The fourth-order valence-electron chi connectivity index (χ4n) is 3.56. The Labute approximate surface area is 292 Å². The van der Waals surface area contributed by atoms with E-state index in [9.17, 15) is 33.2 Å². The SMILES string of the molecule is C#CCCC(=O)N[C@H](CCCCNC(=O)OC(C)(C)C)C(=O)NC.C#CCCC(=O)N[C@H](CCCCNC(=O)OC(C)(C)C)C(=O)O.[2H]CF. The predicted octanol–water partition coefficient (Wildman–Crippen LogP) is 3.58. The lowest BCUT2D eigenvalue weighted by atomic mass is 10.1. The standard InChI is InChI=1S/C17H29N3O4.C16H26N2O5.CH3F/c1-6-7-11-14(21)20-13(15(22)18-5)10-8-9-12-19-16(23)24-17(2,3)4;1-5-6-10-13(19)18-12(14(20)21)9-7-8-11-17-15(22)23-16(2,3)4;1-2/h1,13H,7-12H2,2-5H3,(H,18,22)(H,19,23)(H,20,21);1,12H,6-11H2,2-4H3,(H,17,22)(H,18,19)(H,20,21);1H3/t13-;12-;/m11./s1/i;;1D. The van der Waals surface area contributed by atoms with Crippen LogP contribution in [0, 0.1) is 24.7 Å². The Morgan fingerprint density at radius 1 is 0.755 bits per heavy atom. The lowest BCUT2D eigenvalue weighted by molar-refractivity contribution is -0.142. The number of terminal acetylenes is 2. The molecule has 6 N–H and O–H groups in total. The van der Waals surface area contributed by atoms with E-state index >= 15 is 0 Å². The van der Waals surface area contributed by atoms with Crippen molar-refractivity contribution >= 4 is 35.9 Å². The number of carbonyl (C=O) groups is 6. The van der Waals surface area contributed by atoms with Crippen molar-refractivity contribution < 1.29 is 49.1 Å². The van der Waals surface area contributed by atoms with Gasteiger partial charge in [-0.05, 0) is 80.1 Å². The lowest BCUT2D eigenvalue weighted by Crippen LogP contribution is -2.45. The summed E-state index contributed by atoms with van der Waals surface area (Å²) in [5, 5.41) is 22.0. The molecule has 2 atom stereocenters. The summed E-state index contributed by atoms with van der Waals surface area (Å²) in [6.45, 7) is 11.5. The molecule has 0 aliphatic rings.